The van der Waals surface area contributed by atoms with Gasteiger partial charge in [-0.25, -0.2) is 4.98 Å². The van der Waals surface area contributed by atoms with Crippen LogP contribution in [0, 0.1) is 0 Å². The van der Waals surface area contributed by atoms with Crippen molar-refractivity contribution in [3.63, 3.8) is 0 Å². The average molecular weight is 385 g/mol. The fourth-order valence-corrected chi connectivity index (χ4v) is 3.77. The van der Waals surface area contributed by atoms with Crippen LogP contribution < -0.4 is 5.32 Å². The van der Waals surface area contributed by atoms with Gasteiger partial charge >= 0.3 is 0 Å². The Morgan fingerprint density at radius 2 is 1.88 bits per heavy atom. The molecule has 1 atom stereocenters. The zero-order valence-electron chi connectivity index (χ0n) is 14.6. The summed E-state index contributed by atoms with van der Waals surface area (Å²) in [6.07, 6.45) is 2.22. The van der Waals surface area contributed by atoms with E-state index in [-0.39, 0.29) is 18.4 Å². The zero-order chi connectivity index (χ0) is 18.4. The van der Waals surface area contributed by atoms with Crippen LogP contribution in [0.5, 0.6) is 0 Å². The molecule has 3 aromatic rings. The summed E-state index contributed by atoms with van der Waals surface area (Å²) in [5.41, 5.74) is 2.95. The molecule has 3 nitrogen and oxygen atoms in total. The summed E-state index contributed by atoms with van der Waals surface area (Å²) in [5.74, 6) is 0.000240. The summed E-state index contributed by atoms with van der Waals surface area (Å²) in [7, 11) is 0. The van der Waals surface area contributed by atoms with E-state index in [1.807, 2.05) is 47.8 Å². The first-order valence-corrected chi connectivity index (χ1v) is 9.96. The Balaban J connectivity index is 1.65. The van der Waals surface area contributed by atoms with E-state index < -0.39 is 0 Å². The Kier molecular flexibility index (Phi) is 6.42. The molecule has 0 saturated heterocycles. The van der Waals surface area contributed by atoms with Crippen LogP contribution in [-0.2, 0) is 11.2 Å². The number of halogens is 1. The van der Waals surface area contributed by atoms with Crippen LogP contribution in [0.3, 0.4) is 0 Å². The van der Waals surface area contributed by atoms with Crippen molar-refractivity contribution in [1.82, 2.24) is 10.3 Å². The van der Waals surface area contributed by atoms with Crippen molar-refractivity contribution < 1.29 is 4.79 Å². The molecule has 134 valence electrons. The lowest BCUT2D eigenvalue weighted by atomic mass is 10.0. The van der Waals surface area contributed by atoms with Crippen LogP contribution in [0.2, 0.25) is 5.02 Å². The largest absolute Gasteiger partial charge is 0.349 e. The Labute approximate surface area is 163 Å². The quantitative estimate of drug-likeness (QED) is 0.570. The summed E-state index contributed by atoms with van der Waals surface area (Å²) in [6, 6.07) is 17.7. The average Bonchev–Trinajstić information content (AvgIpc) is 3.11. The molecule has 3 rings (SSSR count). The molecule has 1 aromatic heterocycles. The highest BCUT2D eigenvalue weighted by molar-refractivity contribution is 7.13. The third-order valence-electron chi connectivity index (χ3n) is 4.10. The van der Waals surface area contributed by atoms with Gasteiger partial charge in [-0.1, -0.05) is 67.4 Å². The van der Waals surface area contributed by atoms with Crippen molar-refractivity contribution >= 4 is 28.8 Å². The van der Waals surface area contributed by atoms with Crippen molar-refractivity contribution in [2.45, 2.75) is 32.2 Å². The van der Waals surface area contributed by atoms with Gasteiger partial charge in [0.1, 0.15) is 5.01 Å². The van der Waals surface area contributed by atoms with Gasteiger partial charge in [-0.15, -0.1) is 11.3 Å². The third kappa shape index (κ3) is 4.93. The Hall–Kier alpha value is -2.17. The molecule has 1 amide bonds. The molecule has 2 aromatic carbocycles. The molecule has 0 fully saturated rings. The highest BCUT2D eigenvalue weighted by Crippen LogP contribution is 2.25. The second-order valence-corrected chi connectivity index (χ2v) is 7.44. The topological polar surface area (TPSA) is 42.0 Å². The maximum absolute atomic E-state index is 12.5. The number of carbonyl (C=O) groups excluding carboxylic acids is 1. The summed E-state index contributed by atoms with van der Waals surface area (Å²) in [5, 5.41) is 6.69. The van der Waals surface area contributed by atoms with E-state index in [0.717, 1.165) is 34.7 Å². The molecular formula is C21H21ClN2OS. The van der Waals surface area contributed by atoms with E-state index in [1.165, 1.54) is 0 Å². The lowest BCUT2D eigenvalue weighted by Gasteiger charge is -2.18. The molecule has 0 saturated carbocycles. The minimum Gasteiger partial charge on any atom is -0.349 e. The first-order chi connectivity index (χ1) is 12.7. The molecule has 1 unspecified atom stereocenters. The number of carbonyl (C=O) groups is 1. The van der Waals surface area contributed by atoms with Crippen LogP contribution in [0.4, 0.5) is 0 Å². The smallest absolute Gasteiger partial charge is 0.226 e. The number of aromatic nitrogens is 1. The van der Waals surface area contributed by atoms with E-state index in [0.29, 0.717) is 5.02 Å². The second kappa shape index (κ2) is 8.97. The van der Waals surface area contributed by atoms with Crippen molar-refractivity contribution in [3.05, 3.63) is 76.3 Å². The number of hydrogen-bond acceptors (Lipinski definition) is 3. The summed E-state index contributed by atoms with van der Waals surface area (Å²) in [4.78, 5) is 17.1. The Bertz CT molecular complexity index is 846. The number of hydrogen-bond donors (Lipinski definition) is 1. The molecule has 0 spiro atoms. The second-order valence-electron chi connectivity index (χ2n) is 6.15. The zero-order valence-corrected chi connectivity index (χ0v) is 16.2. The number of nitrogens with zero attached hydrogens (tertiary/aromatic N) is 1. The SMILES string of the molecule is CCCC(NC(=O)Cc1csc(-c2ccc(Cl)cc2)n1)c1ccccc1. The first-order valence-electron chi connectivity index (χ1n) is 8.70. The van der Waals surface area contributed by atoms with Gasteiger partial charge in [-0.3, -0.25) is 4.79 Å². The molecule has 0 aliphatic rings. The number of amides is 1. The molecule has 0 radical (unpaired) electrons. The molecular weight excluding hydrogens is 364 g/mol. The van der Waals surface area contributed by atoms with Crippen LogP contribution in [0.1, 0.15) is 37.1 Å². The number of rotatable bonds is 7. The minimum atomic E-state index is 0.000240. The molecule has 0 aliphatic carbocycles. The van der Waals surface area contributed by atoms with Gasteiger partial charge in [0, 0.05) is 16.0 Å². The Morgan fingerprint density at radius 1 is 1.15 bits per heavy atom. The van der Waals surface area contributed by atoms with Gasteiger partial charge < -0.3 is 5.32 Å². The van der Waals surface area contributed by atoms with Gasteiger partial charge in [-0.2, -0.15) is 0 Å². The van der Waals surface area contributed by atoms with Crippen LogP contribution >= 0.6 is 22.9 Å². The van der Waals surface area contributed by atoms with E-state index in [2.05, 4.69) is 29.4 Å². The monoisotopic (exact) mass is 384 g/mol. The molecule has 1 heterocycles. The number of benzene rings is 2. The molecule has 0 aliphatic heterocycles. The van der Waals surface area contributed by atoms with Gasteiger partial charge in [-0.05, 0) is 24.1 Å². The van der Waals surface area contributed by atoms with Crippen molar-refractivity contribution in [3.8, 4) is 10.6 Å². The molecule has 26 heavy (non-hydrogen) atoms. The fraction of sp³-hybridized carbons (Fsp3) is 0.238. The lowest BCUT2D eigenvalue weighted by Crippen LogP contribution is -2.29. The standard InChI is InChI=1S/C21H21ClN2OS/c1-2-6-19(15-7-4-3-5-8-15)24-20(25)13-18-14-26-21(23-18)16-9-11-17(22)12-10-16/h3-5,7-12,14,19H,2,6,13H2,1H3,(H,24,25). The number of thiazole rings is 1. The van der Waals surface area contributed by atoms with Crippen molar-refractivity contribution in [2.24, 2.45) is 0 Å². The predicted molar refractivity (Wildman–Crippen MR) is 108 cm³/mol. The van der Waals surface area contributed by atoms with E-state index in [1.54, 1.807) is 11.3 Å². The van der Waals surface area contributed by atoms with Gasteiger partial charge in [0.2, 0.25) is 5.91 Å². The van der Waals surface area contributed by atoms with Gasteiger partial charge in [0.05, 0.1) is 18.2 Å². The molecule has 5 heteroatoms. The normalized spacial score (nSPS) is 11.9. The van der Waals surface area contributed by atoms with E-state index in [4.69, 9.17) is 11.6 Å². The Morgan fingerprint density at radius 3 is 2.58 bits per heavy atom. The van der Waals surface area contributed by atoms with E-state index >= 15 is 0 Å². The maximum Gasteiger partial charge on any atom is 0.226 e. The molecule has 0 bridgehead atoms. The third-order valence-corrected chi connectivity index (χ3v) is 5.29. The fourth-order valence-electron chi connectivity index (χ4n) is 2.82. The summed E-state index contributed by atoms with van der Waals surface area (Å²) >= 11 is 7.47. The highest BCUT2D eigenvalue weighted by atomic mass is 35.5. The molecule has 1 N–H and O–H groups in total. The maximum atomic E-state index is 12.5. The van der Waals surface area contributed by atoms with Crippen LogP contribution in [0.25, 0.3) is 10.6 Å². The van der Waals surface area contributed by atoms with E-state index in [9.17, 15) is 4.79 Å². The highest BCUT2D eigenvalue weighted by Gasteiger charge is 2.15. The minimum absolute atomic E-state index is 0.000240. The lowest BCUT2D eigenvalue weighted by molar-refractivity contribution is -0.121. The predicted octanol–water partition coefficient (Wildman–Crippen LogP) is 5.66. The van der Waals surface area contributed by atoms with Crippen LogP contribution in [-0.4, -0.2) is 10.9 Å². The van der Waals surface area contributed by atoms with Gasteiger partial charge in [0.15, 0.2) is 0 Å². The summed E-state index contributed by atoms with van der Waals surface area (Å²) in [6.45, 7) is 2.13. The number of nitrogens with one attached hydrogen (secondary N) is 1. The van der Waals surface area contributed by atoms with Crippen molar-refractivity contribution in [1.29, 1.82) is 0 Å². The van der Waals surface area contributed by atoms with Crippen molar-refractivity contribution in [2.75, 3.05) is 0 Å². The first kappa shape index (κ1) is 18.6. The van der Waals surface area contributed by atoms with Gasteiger partial charge in [0.25, 0.3) is 0 Å². The summed E-state index contributed by atoms with van der Waals surface area (Å²) < 4.78 is 0. The van der Waals surface area contributed by atoms with Crippen LogP contribution in [0.15, 0.2) is 60.0 Å².